The number of carbonyl (C=O) groups is 1. The summed E-state index contributed by atoms with van der Waals surface area (Å²) in [7, 11) is 0. The van der Waals surface area contributed by atoms with E-state index in [0.29, 0.717) is 0 Å². The fourth-order valence-corrected chi connectivity index (χ4v) is 1.44. The van der Waals surface area contributed by atoms with Crippen molar-refractivity contribution in [3.05, 3.63) is 35.4 Å². The Hall–Kier alpha value is -1.56. The predicted octanol–water partition coefficient (Wildman–Crippen LogP) is 2.65. The summed E-state index contributed by atoms with van der Waals surface area (Å²) in [6.45, 7) is 5.22. The molecule has 0 radical (unpaired) electrons. The van der Waals surface area contributed by atoms with Gasteiger partial charge in [0.2, 0.25) is 0 Å². The van der Waals surface area contributed by atoms with Gasteiger partial charge in [-0.3, -0.25) is 4.79 Å². The fourth-order valence-electron chi connectivity index (χ4n) is 1.44. The minimum atomic E-state index is -4.43. The molecule has 0 saturated heterocycles. The van der Waals surface area contributed by atoms with Crippen LogP contribution in [0.25, 0.3) is 0 Å². The van der Waals surface area contributed by atoms with E-state index in [1.54, 1.807) is 20.8 Å². The first-order chi connectivity index (χ1) is 8.50. The Morgan fingerprint density at radius 3 is 2.00 bits per heavy atom. The van der Waals surface area contributed by atoms with Crippen molar-refractivity contribution in [3.63, 3.8) is 0 Å². The maximum Gasteiger partial charge on any atom is 0.416 e. The molecule has 1 atom stereocenters. The molecule has 1 aromatic rings. The van der Waals surface area contributed by atoms with E-state index in [0.717, 1.165) is 24.3 Å². The van der Waals surface area contributed by atoms with Crippen LogP contribution in [0.15, 0.2) is 24.3 Å². The monoisotopic (exact) mass is 275 g/mol. The van der Waals surface area contributed by atoms with Gasteiger partial charge in [-0.1, -0.05) is 12.1 Å². The molecule has 1 rings (SSSR count). The average molecular weight is 275 g/mol. The van der Waals surface area contributed by atoms with Crippen molar-refractivity contribution in [1.82, 2.24) is 5.32 Å². The Morgan fingerprint density at radius 2 is 1.63 bits per heavy atom. The maximum atomic E-state index is 12.4. The zero-order valence-corrected chi connectivity index (χ0v) is 10.9. The summed E-state index contributed by atoms with van der Waals surface area (Å²) in [6.07, 6.45) is -5.92. The third-order valence-corrected chi connectivity index (χ3v) is 2.30. The molecule has 6 heteroatoms. The van der Waals surface area contributed by atoms with E-state index >= 15 is 0 Å². The van der Waals surface area contributed by atoms with Crippen molar-refractivity contribution in [2.45, 2.75) is 38.6 Å². The highest BCUT2D eigenvalue weighted by atomic mass is 19.4. The van der Waals surface area contributed by atoms with Crippen LogP contribution in [0, 0.1) is 0 Å². The lowest BCUT2D eigenvalue weighted by Gasteiger charge is -2.22. The second kappa shape index (κ2) is 5.21. The van der Waals surface area contributed by atoms with Gasteiger partial charge in [-0.2, -0.15) is 13.2 Å². The van der Waals surface area contributed by atoms with E-state index < -0.39 is 29.3 Å². The van der Waals surface area contributed by atoms with Crippen LogP contribution in [0.3, 0.4) is 0 Å². The van der Waals surface area contributed by atoms with E-state index in [9.17, 15) is 23.1 Å². The summed E-state index contributed by atoms with van der Waals surface area (Å²) in [5.41, 5.74) is -1.22. The Labute approximate surface area is 109 Å². The summed E-state index contributed by atoms with van der Waals surface area (Å²) >= 11 is 0. The van der Waals surface area contributed by atoms with Gasteiger partial charge in [-0.25, -0.2) is 0 Å². The van der Waals surface area contributed by atoms with Gasteiger partial charge in [-0.05, 0) is 38.5 Å². The topological polar surface area (TPSA) is 49.3 Å². The number of aliphatic hydroxyl groups is 1. The minimum Gasteiger partial charge on any atom is -0.378 e. The molecule has 0 aromatic heterocycles. The summed E-state index contributed by atoms with van der Waals surface area (Å²) in [6, 6.07) is 3.86. The van der Waals surface area contributed by atoms with Gasteiger partial charge in [0.15, 0.2) is 6.10 Å². The largest absolute Gasteiger partial charge is 0.416 e. The quantitative estimate of drug-likeness (QED) is 0.871. The van der Waals surface area contributed by atoms with Crippen molar-refractivity contribution >= 4 is 5.91 Å². The summed E-state index contributed by atoms with van der Waals surface area (Å²) in [4.78, 5) is 11.7. The van der Waals surface area contributed by atoms with Crippen LogP contribution < -0.4 is 5.32 Å². The molecule has 0 fully saturated rings. The molecule has 0 saturated carbocycles. The van der Waals surface area contributed by atoms with Crippen LogP contribution in [-0.2, 0) is 11.0 Å². The summed E-state index contributed by atoms with van der Waals surface area (Å²) < 4.78 is 37.1. The number of hydrogen-bond acceptors (Lipinski definition) is 2. The molecule has 0 heterocycles. The van der Waals surface area contributed by atoms with Crippen molar-refractivity contribution in [2.24, 2.45) is 0 Å². The van der Waals surface area contributed by atoms with E-state index in [1.165, 1.54) is 0 Å². The van der Waals surface area contributed by atoms with Crippen molar-refractivity contribution < 1.29 is 23.1 Å². The van der Waals surface area contributed by atoms with Gasteiger partial charge in [0.05, 0.1) is 5.56 Å². The number of nitrogens with one attached hydrogen (secondary N) is 1. The maximum absolute atomic E-state index is 12.4. The van der Waals surface area contributed by atoms with Gasteiger partial charge in [0.25, 0.3) is 5.91 Å². The molecular formula is C13H16F3NO2. The van der Waals surface area contributed by atoms with Crippen molar-refractivity contribution in [3.8, 4) is 0 Å². The average Bonchev–Trinajstić information content (AvgIpc) is 2.24. The van der Waals surface area contributed by atoms with E-state index in [2.05, 4.69) is 5.32 Å². The molecule has 0 bridgehead atoms. The zero-order chi connectivity index (χ0) is 14.8. The van der Waals surface area contributed by atoms with Gasteiger partial charge in [0.1, 0.15) is 0 Å². The highest BCUT2D eigenvalue weighted by Gasteiger charge is 2.30. The van der Waals surface area contributed by atoms with Crippen LogP contribution in [0.1, 0.15) is 38.0 Å². The second-order valence-corrected chi connectivity index (χ2v) is 5.26. The number of hydrogen-bond donors (Lipinski definition) is 2. The number of halogens is 3. The van der Waals surface area contributed by atoms with Gasteiger partial charge < -0.3 is 10.4 Å². The highest BCUT2D eigenvalue weighted by Crippen LogP contribution is 2.30. The first kappa shape index (κ1) is 15.5. The van der Waals surface area contributed by atoms with Crippen LogP contribution in [-0.4, -0.2) is 16.6 Å². The molecule has 1 unspecified atom stereocenters. The highest BCUT2D eigenvalue weighted by molar-refractivity contribution is 5.82. The molecule has 0 aliphatic carbocycles. The first-order valence-corrected chi connectivity index (χ1v) is 5.68. The van der Waals surface area contributed by atoms with Crippen molar-refractivity contribution in [1.29, 1.82) is 0 Å². The van der Waals surface area contributed by atoms with E-state index in [4.69, 9.17) is 0 Å². The normalized spacial score (nSPS) is 14.1. The number of rotatable bonds is 2. The summed E-state index contributed by atoms with van der Waals surface area (Å²) in [5, 5.41) is 12.3. The smallest absolute Gasteiger partial charge is 0.378 e. The Kier molecular flexibility index (Phi) is 4.25. The van der Waals surface area contributed by atoms with Crippen LogP contribution >= 0.6 is 0 Å². The number of benzene rings is 1. The van der Waals surface area contributed by atoms with Crippen LogP contribution in [0.4, 0.5) is 13.2 Å². The Balaban J connectivity index is 2.84. The third-order valence-electron chi connectivity index (χ3n) is 2.30. The lowest BCUT2D eigenvalue weighted by atomic mass is 10.0. The van der Waals surface area contributed by atoms with Gasteiger partial charge in [0, 0.05) is 5.54 Å². The van der Waals surface area contributed by atoms with Crippen molar-refractivity contribution in [2.75, 3.05) is 0 Å². The summed E-state index contributed by atoms with van der Waals surface area (Å²) in [5.74, 6) is -0.646. The molecule has 1 amide bonds. The lowest BCUT2D eigenvalue weighted by molar-refractivity contribution is -0.137. The molecule has 106 valence electrons. The Morgan fingerprint density at radius 1 is 1.16 bits per heavy atom. The number of carbonyl (C=O) groups excluding carboxylic acids is 1. The molecule has 0 aliphatic heterocycles. The second-order valence-electron chi connectivity index (χ2n) is 5.26. The fraction of sp³-hybridized carbons (Fsp3) is 0.462. The number of aliphatic hydroxyl groups excluding tert-OH is 1. The molecule has 3 nitrogen and oxygen atoms in total. The standard InChI is InChI=1S/C13H16F3NO2/c1-12(2,3)17-11(19)10(18)8-4-6-9(7-5-8)13(14,15)16/h4-7,10,18H,1-3H3,(H,17,19). The van der Waals surface area contributed by atoms with Crippen LogP contribution in [0.2, 0.25) is 0 Å². The molecule has 1 aromatic carbocycles. The number of amides is 1. The van der Waals surface area contributed by atoms with Gasteiger partial charge in [-0.15, -0.1) is 0 Å². The van der Waals surface area contributed by atoms with Gasteiger partial charge >= 0.3 is 6.18 Å². The molecule has 0 aliphatic rings. The predicted molar refractivity (Wildman–Crippen MR) is 64.3 cm³/mol. The number of alkyl halides is 3. The lowest BCUT2D eigenvalue weighted by Crippen LogP contribution is -2.43. The van der Waals surface area contributed by atoms with E-state index in [1.807, 2.05) is 0 Å². The Bertz CT molecular complexity index is 446. The SMILES string of the molecule is CC(C)(C)NC(=O)C(O)c1ccc(C(F)(F)F)cc1. The minimum absolute atomic E-state index is 0.120. The molecular weight excluding hydrogens is 259 g/mol. The van der Waals surface area contributed by atoms with E-state index in [-0.39, 0.29) is 5.56 Å². The first-order valence-electron chi connectivity index (χ1n) is 5.68. The molecule has 19 heavy (non-hydrogen) atoms. The molecule has 2 N–H and O–H groups in total. The van der Waals surface area contributed by atoms with Crippen LogP contribution in [0.5, 0.6) is 0 Å². The zero-order valence-electron chi connectivity index (χ0n) is 10.9. The third kappa shape index (κ3) is 4.55. The molecule has 0 spiro atoms.